The van der Waals surface area contributed by atoms with Gasteiger partial charge < -0.3 is 9.32 Å². The van der Waals surface area contributed by atoms with Crippen LogP contribution in [0.5, 0.6) is 0 Å². The largest absolute Gasteiger partial charge is 0.451 e. The SMILES string of the molecule is O=C(c1cc2ccccc2o1)N1CCCCC1Cn1cccn1. The summed E-state index contributed by atoms with van der Waals surface area (Å²) in [6.45, 7) is 1.51. The van der Waals surface area contributed by atoms with E-state index in [2.05, 4.69) is 5.10 Å². The molecule has 0 N–H and O–H groups in total. The lowest BCUT2D eigenvalue weighted by Crippen LogP contribution is -2.45. The highest BCUT2D eigenvalue weighted by Crippen LogP contribution is 2.24. The van der Waals surface area contributed by atoms with Crippen molar-refractivity contribution in [2.45, 2.75) is 31.8 Å². The number of para-hydroxylation sites is 1. The Labute approximate surface area is 134 Å². The Morgan fingerprint density at radius 3 is 3.00 bits per heavy atom. The van der Waals surface area contributed by atoms with Crippen LogP contribution in [0.2, 0.25) is 0 Å². The number of rotatable bonds is 3. The van der Waals surface area contributed by atoms with E-state index in [1.165, 1.54) is 0 Å². The van der Waals surface area contributed by atoms with E-state index in [1.807, 2.05) is 52.2 Å². The third-order valence-corrected chi connectivity index (χ3v) is 4.48. The fraction of sp³-hybridized carbons (Fsp3) is 0.333. The standard InChI is InChI=1S/C18H19N3O2/c22-18(17-12-14-6-1-2-8-16(14)23-17)21-11-4-3-7-15(21)13-20-10-5-9-19-20/h1-2,5-6,8-10,12,15H,3-4,7,11,13H2. The lowest BCUT2D eigenvalue weighted by Gasteiger charge is -2.35. The highest BCUT2D eigenvalue weighted by molar-refractivity contribution is 5.96. The first kappa shape index (κ1) is 14.1. The molecule has 23 heavy (non-hydrogen) atoms. The fourth-order valence-electron chi connectivity index (χ4n) is 3.31. The van der Waals surface area contributed by atoms with Gasteiger partial charge in [-0.25, -0.2) is 0 Å². The lowest BCUT2D eigenvalue weighted by atomic mass is 10.0. The number of amides is 1. The molecule has 0 saturated carbocycles. The van der Waals surface area contributed by atoms with E-state index in [9.17, 15) is 4.79 Å². The van der Waals surface area contributed by atoms with Crippen LogP contribution < -0.4 is 0 Å². The zero-order valence-corrected chi connectivity index (χ0v) is 12.9. The zero-order valence-electron chi connectivity index (χ0n) is 12.9. The Hall–Kier alpha value is -2.56. The summed E-state index contributed by atoms with van der Waals surface area (Å²) in [4.78, 5) is 14.9. The van der Waals surface area contributed by atoms with Gasteiger partial charge >= 0.3 is 0 Å². The van der Waals surface area contributed by atoms with Crippen molar-refractivity contribution in [3.05, 3.63) is 54.6 Å². The molecule has 3 heterocycles. The van der Waals surface area contributed by atoms with E-state index >= 15 is 0 Å². The van der Waals surface area contributed by atoms with Crippen LogP contribution in [-0.4, -0.2) is 33.2 Å². The van der Waals surface area contributed by atoms with Crippen LogP contribution in [0.3, 0.4) is 0 Å². The summed E-state index contributed by atoms with van der Waals surface area (Å²) in [5, 5.41) is 5.24. The molecule has 2 aromatic heterocycles. The Balaban J connectivity index is 1.59. The first-order valence-electron chi connectivity index (χ1n) is 8.08. The second kappa shape index (κ2) is 5.91. The van der Waals surface area contributed by atoms with E-state index in [0.717, 1.165) is 43.3 Å². The maximum atomic E-state index is 12.9. The molecule has 4 rings (SSSR count). The number of furan rings is 1. The summed E-state index contributed by atoms with van der Waals surface area (Å²) < 4.78 is 7.65. The van der Waals surface area contributed by atoms with Crippen LogP contribution in [0.15, 0.2) is 53.2 Å². The van der Waals surface area contributed by atoms with Crippen LogP contribution in [0, 0.1) is 0 Å². The minimum Gasteiger partial charge on any atom is -0.451 e. The van der Waals surface area contributed by atoms with Crippen LogP contribution in [0.4, 0.5) is 0 Å². The zero-order chi connectivity index (χ0) is 15.6. The summed E-state index contributed by atoms with van der Waals surface area (Å²) in [7, 11) is 0. The molecular weight excluding hydrogens is 290 g/mol. The van der Waals surface area contributed by atoms with Crippen molar-refractivity contribution in [2.24, 2.45) is 0 Å². The number of nitrogens with zero attached hydrogens (tertiary/aromatic N) is 3. The number of fused-ring (bicyclic) bond motifs is 1. The van der Waals surface area contributed by atoms with Crippen LogP contribution >= 0.6 is 0 Å². The van der Waals surface area contributed by atoms with Gasteiger partial charge in [0.15, 0.2) is 5.76 Å². The smallest absolute Gasteiger partial charge is 0.289 e. The molecule has 0 bridgehead atoms. The van der Waals surface area contributed by atoms with E-state index in [-0.39, 0.29) is 11.9 Å². The average Bonchev–Trinajstić information content (AvgIpc) is 3.23. The second-order valence-corrected chi connectivity index (χ2v) is 6.02. The number of piperidine rings is 1. The molecule has 3 aromatic rings. The third kappa shape index (κ3) is 2.74. The van der Waals surface area contributed by atoms with Crippen molar-refractivity contribution in [1.82, 2.24) is 14.7 Å². The van der Waals surface area contributed by atoms with Crippen molar-refractivity contribution < 1.29 is 9.21 Å². The van der Waals surface area contributed by atoms with Gasteiger partial charge in [-0.3, -0.25) is 9.48 Å². The normalized spacial score (nSPS) is 18.4. The van der Waals surface area contributed by atoms with Gasteiger partial charge in [0.1, 0.15) is 5.58 Å². The van der Waals surface area contributed by atoms with Crippen molar-refractivity contribution in [3.8, 4) is 0 Å². The number of likely N-dealkylation sites (tertiary alicyclic amines) is 1. The Bertz CT molecular complexity index is 774. The first-order valence-corrected chi connectivity index (χ1v) is 8.08. The van der Waals surface area contributed by atoms with Crippen LogP contribution in [0.25, 0.3) is 11.0 Å². The summed E-state index contributed by atoms with van der Waals surface area (Å²) in [5.41, 5.74) is 0.761. The maximum absolute atomic E-state index is 12.9. The third-order valence-electron chi connectivity index (χ3n) is 4.48. The molecule has 1 aromatic carbocycles. The summed E-state index contributed by atoms with van der Waals surface area (Å²) in [6.07, 6.45) is 6.91. The highest BCUT2D eigenvalue weighted by atomic mass is 16.3. The molecule has 1 aliphatic heterocycles. The van der Waals surface area contributed by atoms with Crippen molar-refractivity contribution in [3.63, 3.8) is 0 Å². The van der Waals surface area contributed by atoms with Crippen LogP contribution in [0.1, 0.15) is 29.8 Å². The summed E-state index contributed by atoms with van der Waals surface area (Å²) in [6, 6.07) is 11.7. The second-order valence-electron chi connectivity index (χ2n) is 6.02. The molecule has 1 fully saturated rings. The van der Waals surface area contributed by atoms with Gasteiger partial charge in [-0.05, 0) is 37.5 Å². The maximum Gasteiger partial charge on any atom is 0.289 e. The van der Waals surface area contributed by atoms with Crippen molar-refractivity contribution >= 4 is 16.9 Å². The van der Waals surface area contributed by atoms with E-state index < -0.39 is 0 Å². The van der Waals surface area contributed by atoms with Crippen molar-refractivity contribution in [1.29, 1.82) is 0 Å². The van der Waals surface area contributed by atoms with Crippen molar-refractivity contribution in [2.75, 3.05) is 6.54 Å². The number of carbonyl (C=O) groups excluding carboxylic acids is 1. The molecule has 1 amide bonds. The minimum absolute atomic E-state index is 0.0157. The fourth-order valence-corrected chi connectivity index (χ4v) is 3.31. The predicted octanol–water partition coefficient (Wildman–Crippen LogP) is 3.32. The van der Waals surface area contributed by atoms with Gasteiger partial charge in [-0.1, -0.05) is 18.2 Å². The van der Waals surface area contributed by atoms with Gasteiger partial charge in [0, 0.05) is 24.3 Å². The predicted molar refractivity (Wildman–Crippen MR) is 87.1 cm³/mol. The van der Waals surface area contributed by atoms with Crippen LogP contribution in [-0.2, 0) is 6.54 Å². The Morgan fingerprint density at radius 1 is 1.26 bits per heavy atom. The molecular formula is C18H19N3O2. The summed E-state index contributed by atoms with van der Waals surface area (Å²) >= 11 is 0. The molecule has 1 aliphatic rings. The number of benzene rings is 1. The monoisotopic (exact) mass is 309 g/mol. The molecule has 0 radical (unpaired) electrons. The first-order chi connectivity index (χ1) is 11.3. The van der Waals surface area contributed by atoms with E-state index in [0.29, 0.717) is 5.76 Å². The molecule has 1 unspecified atom stereocenters. The highest BCUT2D eigenvalue weighted by Gasteiger charge is 2.29. The average molecular weight is 309 g/mol. The number of hydrogen-bond donors (Lipinski definition) is 0. The summed E-state index contributed by atoms with van der Waals surface area (Å²) in [5.74, 6) is 0.414. The molecule has 1 atom stereocenters. The Kier molecular flexibility index (Phi) is 3.61. The molecule has 5 nitrogen and oxygen atoms in total. The van der Waals surface area contributed by atoms with Gasteiger partial charge in [0.05, 0.1) is 12.6 Å². The quantitative estimate of drug-likeness (QED) is 0.745. The van der Waals surface area contributed by atoms with Gasteiger partial charge in [-0.2, -0.15) is 5.10 Å². The van der Waals surface area contributed by atoms with Gasteiger partial charge in [-0.15, -0.1) is 0 Å². The molecule has 118 valence electrons. The lowest BCUT2D eigenvalue weighted by molar-refractivity contribution is 0.0554. The number of hydrogen-bond acceptors (Lipinski definition) is 3. The number of carbonyl (C=O) groups is 1. The molecule has 0 spiro atoms. The Morgan fingerprint density at radius 2 is 2.17 bits per heavy atom. The minimum atomic E-state index is -0.0157. The number of aromatic nitrogens is 2. The van der Waals surface area contributed by atoms with Gasteiger partial charge in [0.25, 0.3) is 5.91 Å². The van der Waals surface area contributed by atoms with E-state index in [4.69, 9.17) is 4.42 Å². The topological polar surface area (TPSA) is 51.3 Å². The molecule has 0 aliphatic carbocycles. The van der Waals surface area contributed by atoms with E-state index in [1.54, 1.807) is 6.20 Å². The van der Waals surface area contributed by atoms with Gasteiger partial charge in [0.2, 0.25) is 0 Å². The molecule has 5 heteroatoms. The molecule has 1 saturated heterocycles.